The smallest absolute Gasteiger partial charge is 0.431 e. The van der Waals surface area contributed by atoms with E-state index < -0.39 is 41.4 Å². The lowest BCUT2D eigenvalue weighted by Gasteiger charge is -2.32. The number of allylic oxidation sites excluding steroid dienone is 2. The molecular weight excluding hydrogens is 600 g/mol. The molecule has 3 rings (SSSR count). The van der Waals surface area contributed by atoms with Crippen LogP contribution >= 0.6 is 24.0 Å². The third-order valence-electron chi connectivity index (χ3n) is 6.23. The molecule has 0 radical (unpaired) electrons. The number of dihydropyridines is 1. The van der Waals surface area contributed by atoms with Crippen molar-refractivity contribution in [1.82, 2.24) is 10.6 Å². The minimum Gasteiger partial charge on any atom is -0.491 e. The molecule has 3 N–H and O–H groups in total. The maximum atomic E-state index is 14.0. The van der Waals surface area contributed by atoms with Crippen LogP contribution in [0.5, 0.6) is 5.75 Å². The van der Waals surface area contributed by atoms with E-state index in [2.05, 4.69) is 15.4 Å². The zero-order valence-corrected chi connectivity index (χ0v) is 24.6. The molecule has 1 aliphatic rings. The van der Waals surface area contributed by atoms with Gasteiger partial charge < -0.3 is 30.0 Å². The van der Waals surface area contributed by atoms with Gasteiger partial charge in [-0.05, 0) is 50.1 Å². The van der Waals surface area contributed by atoms with E-state index >= 15 is 0 Å². The number of unbranched alkanes of at least 4 members (excludes halogenated alkanes) is 1. The van der Waals surface area contributed by atoms with Crippen molar-refractivity contribution in [1.29, 1.82) is 0 Å². The number of benzene rings is 2. The maximum absolute atomic E-state index is 14.0. The normalized spacial score (nSPS) is 15.8. The molecule has 1 aliphatic heterocycles. The third kappa shape index (κ3) is 9.38. The highest BCUT2D eigenvalue weighted by atomic mass is 35.5. The lowest BCUT2D eigenvalue weighted by atomic mass is 9.80. The van der Waals surface area contributed by atoms with Crippen LogP contribution in [-0.4, -0.2) is 62.7 Å². The van der Waals surface area contributed by atoms with Crippen molar-refractivity contribution >= 4 is 35.9 Å². The second-order valence-electron chi connectivity index (χ2n) is 9.22. The molecule has 2 aromatic carbocycles. The summed E-state index contributed by atoms with van der Waals surface area (Å²) in [5.41, 5.74) is -2.28. The molecule has 0 saturated carbocycles. The van der Waals surface area contributed by atoms with Crippen molar-refractivity contribution < 1.29 is 42.1 Å². The van der Waals surface area contributed by atoms with Crippen LogP contribution in [0.3, 0.4) is 0 Å². The minimum absolute atomic E-state index is 0. The Bertz CT molecular complexity index is 1270. The Morgan fingerprint density at radius 1 is 1.05 bits per heavy atom. The number of para-hydroxylation sites is 1. The molecule has 1 heterocycles. The second kappa shape index (κ2) is 16.4. The average molecular weight is 633 g/mol. The number of alkyl halides is 3. The van der Waals surface area contributed by atoms with Crippen molar-refractivity contribution in [3.8, 4) is 5.75 Å². The molecule has 0 spiro atoms. The molecule has 0 aliphatic carbocycles. The highest BCUT2D eigenvalue weighted by Crippen LogP contribution is 2.45. The molecule has 2 unspecified atom stereocenters. The van der Waals surface area contributed by atoms with Gasteiger partial charge in [0.25, 0.3) is 0 Å². The summed E-state index contributed by atoms with van der Waals surface area (Å²) >= 11 is 6.32. The van der Waals surface area contributed by atoms with Crippen LogP contribution in [0.2, 0.25) is 5.02 Å². The predicted octanol–water partition coefficient (Wildman–Crippen LogP) is 5.06. The standard InChI is InChI=1S/C29H32ClF3N2O6.ClH/c1-18-23(28(38)40-15-9-8-14-34-16-19(36)17-41-20-10-4-3-5-11-20)24(21-12-6-7-13-22(21)30)25(27(37)39-2)26(35-18)29(31,32)33;/h3-7,10-13,19,24,34-36H,8-9,14-17H2,1-2H3;1H. The van der Waals surface area contributed by atoms with Crippen molar-refractivity contribution in [2.45, 2.75) is 38.0 Å². The summed E-state index contributed by atoms with van der Waals surface area (Å²) < 4.78 is 57.5. The predicted molar refractivity (Wildman–Crippen MR) is 153 cm³/mol. The van der Waals surface area contributed by atoms with Crippen molar-refractivity contribution in [2.75, 3.05) is 33.4 Å². The van der Waals surface area contributed by atoms with Gasteiger partial charge in [-0.25, -0.2) is 9.59 Å². The molecule has 0 aromatic heterocycles. The fraction of sp³-hybridized carbons (Fsp3) is 0.379. The molecular formula is C29H33Cl2F3N2O6. The van der Waals surface area contributed by atoms with Gasteiger partial charge in [0.05, 0.1) is 30.8 Å². The molecule has 230 valence electrons. The molecule has 0 bridgehead atoms. The van der Waals surface area contributed by atoms with Gasteiger partial charge >= 0.3 is 18.1 Å². The largest absolute Gasteiger partial charge is 0.491 e. The van der Waals surface area contributed by atoms with Gasteiger partial charge in [-0.15, -0.1) is 12.4 Å². The van der Waals surface area contributed by atoms with E-state index in [0.29, 0.717) is 31.7 Å². The number of methoxy groups -OCH3 is 1. The topological polar surface area (TPSA) is 106 Å². The van der Waals surface area contributed by atoms with Gasteiger partial charge in [0.1, 0.15) is 24.2 Å². The van der Waals surface area contributed by atoms with E-state index in [1.807, 2.05) is 18.2 Å². The molecule has 8 nitrogen and oxygen atoms in total. The zero-order valence-electron chi connectivity index (χ0n) is 23.0. The van der Waals surface area contributed by atoms with Gasteiger partial charge in [-0.1, -0.05) is 48.0 Å². The first-order valence-electron chi connectivity index (χ1n) is 12.9. The monoisotopic (exact) mass is 632 g/mol. The lowest BCUT2D eigenvalue weighted by Crippen LogP contribution is -2.38. The summed E-state index contributed by atoms with van der Waals surface area (Å²) in [5.74, 6) is -2.95. The van der Waals surface area contributed by atoms with Crippen LogP contribution in [0.1, 0.15) is 31.2 Å². The number of ether oxygens (including phenoxy) is 3. The number of halogens is 5. The molecule has 2 atom stereocenters. The molecule has 42 heavy (non-hydrogen) atoms. The van der Waals surface area contributed by atoms with Crippen LogP contribution in [-0.2, 0) is 19.1 Å². The first-order chi connectivity index (χ1) is 19.5. The second-order valence-corrected chi connectivity index (χ2v) is 9.63. The Balaban J connectivity index is 0.00000616. The molecule has 0 saturated heterocycles. The Hall–Kier alpha value is -3.25. The van der Waals surface area contributed by atoms with E-state index in [1.54, 1.807) is 24.3 Å². The number of esters is 2. The van der Waals surface area contributed by atoms with Crippen LogP contribution in [0.4, 0.5) is 13.2 Å². The molecule has 0 amide bonds. The highest BCUT2D eigenvalue weighted by Gasteiger charge is 2.47. The van der Waals surface area contributed by atoms with E-state index in [9.17, 15) is 27.9 Å². The van der Waals surface area contributed by atoms with Crippen molar-refractivity contribution in [2.24, 2.45) is 0 Å². The summed E-state index contributed by atoms with van der Waals surface area (Å²) in [5, 5.41) is 15.4. The maximum Gasteiger partial charge on any atom is 0.431 e. The highest BCUT2D eigenvalue weighted by molar-refractivity contribution is 6.31. The summed E-state index contributed by atoms with van der Waals surface area (Å²) in [6.45, 7) is 2.23. The Labute approximate surface area is 253 Å². The number of carbonyl (C=O) groups is 2. The van der Waals surface area contributed by atoms with Crippen LogP contribution in [0.15, 0.2) is 77.1 Å². The number of aliphatic hydroxyl groups is 1. The van der Waals surface area contributed by atoms with E-state index in [4.69, 9.17) is 21.1 Å². The molecule has 13 heteroatoms. The van der Waals surface area contributed by atoms with E-state index in [1.165, 1.54) is 19.1 Å². The van der Waals surface area contributed by atoms with Crippen LogP contribution in [0.25, 0.3) is 0 Å². The van der Waals surface area contributed by atoms with Crippen LogP contribution < -0.4 is 15.4 Å². The van der Waals surface area contributed by atoms with Gasteiger partial charge in [-0.3, -0.25) is 0 Å². The summed E-state index contributed by atoms with van der Waals surface area (Å²) in [6, 6.07) is 15.1. The number of hydrogen-bond donors (Lipinski definition) is 3. The van der Waals surface area contributed by atoms with Gasteiger partial charge in [0.2, 0.25) is 0 Å². The minimum atomic E-state index is -4.94. The van der Waals surface area contributed by atoms with E-state index in [0.717, 1.165) is 7.11 Å². The Morgan fingerprint density at radius 2 is 1.71 bits per heavy atom. The van der Waals surface area contributed by atoms with Gasteiger partial charge in [0, 0.05) is 17.3 Å². The number of carbonyl (C=O) groups excluding carboxylic acids is 2. The lowest BCUT2D eigenvalue weighted by molar-refractivity contribution is -0.140. The van der Waals surface area contributed by atoms with Crippen molar-refractivity contribution in [3.05, 3.63) is 87.7 Å². The van der Waals surface area contributed by atoms with Gasteiger partial charge in [-0.2, -0.15) is 13.2 Å². The first-order valence-corrected chi connectivity index (χ1v) is 13.3. The number of aliphatic hydroxyl groups excluding tert-OH is 1. The van der Waals surface area contributed by atoms with Crippen LogP contribution in [0, 0.1) is 0 Å². The zero-order chi connectivity index (χ0) is 30.0. The molecule has 0 fully saturated rings. The molecule has 2 aromatic rings. The average Bonchev–Trinajstić information content (AvgIpc) is 2.94. The first kappa shape index (κ1) is 34.9. The summed E-state index contributed by atoms with van der Waals surface area (Å²) in [6.07, 6.45) is -4.62. The number of rotatable bonds is 13. The SMILES string of the molecule is COC(=O)C1=C(C(F)(F)F)NC(C)=C(C(=O)OCCCCNCC(O)COc2ccccc2)C1c1ccccc1Cl.Cl. The Morgan fingerprint density at radius 3 is 2.36 bits per heavy atom. The fourth-order valence-corrected chi connectivity index (χ4v) is 4.55. The van der Waals surface area contributed by atoms with Gasteiger partial charge in [0.15, 0.2) is 0 Å². The number of hydrogen-bond acceptors (Lipinski definition) is 8. The number of nitrogens with one attached hydrogen (secondary N) is 2. The quantitative estimate of drug-likeness (QED) is 0.208. The summed E-state index contributed by atoms with van der Waals surface area (Å²) in [4.78, 5) is 25.8. The summed E-state index contributed by atoms with van der Waals surface area (Å²) in [7, 11) is 0.958. The fourth-order valence-electron chi connectivity index (χ4n) is 4.30. The third-order valence-corrected chi connectivity index (χ3v) is 6.58. The van der Waals surface area contributed by atoms with E-state index in [-0.39, 0.29) is 47.5 Å². The van der Waals surface area contributed by atoms with Crippen molar-refractivity contribution in [3.63, 3.8) is 0 Å². The Kier molecular flexibility index (Phi) is 13.6.